The molecule has 1 saturated heterocycles. The molecule has 0 atom stereocenters. The molecule has 27 heavy (non-hydrogen) atoms. The number of hydrogen-bond donors (Lipinski definition) is 0. The number of nitrogens with zero attached hydrogens (tertiary/aromatic N) is 5. The predicted octanol–water partition coefficient (Wildman–Crippen LogP) is 2.56. The molecular weight excluding hydrogens is 358 g/mol. The highest BCUT2D eigenvalue weighted by atomic mass is 32.1. The van der Waals surface area contributed by atoms with Crippen LogP contribution in [0, 0.1) is 0 Å². The Labute approximate surface area is 165 Å². The summed E-state index contributed by atoms with van der Waals surface area (Å²) in [4.78, 5) is 30.9. The van der Waals surface area contributed by atoms with Crippen LogP contribution in [0.5, 0.6) is 0 Å². The lowest BCUT2D eigenvalue weighted by Crippen LogP contribution is -2.50. The largest absolute Gasteiger partial charge is 0.353 e. The fourth-order valence-electron chi connectivity index (χ4n) is 4.30. The van der Waals surface area contributed by atoms with E-state index in [0.29, 0.717) is 6.54 Å². The fourth-order valence-corrected chi connectivity index (χ4v) is 5.52. The van der Waals surface area contributed by atoms with E-state index in [1.807, 2.05) is 30.1 Å². The number of carbonyl (C=O) groups is 1. The van der Waals surface area contributed by atoms with E-state index in [0.717, 1.165) is 56.3 Å². The van der Waals surface area contributed by atoms with Crippen molar-refractivity contribution < 1.29 is 4.79 Å². The van der Waals surface area contributed by atoms with Crippen molar-refractivity contribution in [2.24, 2.45) is 0 Å². The topological polar surface area (TPSA) is 52.6 Å². The number of carbonyl (C=O) groups excluding carboxylic acids is 1. The summed E-state index contributed by atoms with van der Waals surface area (Å²) in [5.41, 5.74) is 1.50. The van der Waals surface area contributed by atoms with Crippen LogP contribution in [0.15, 0.2) is 6.33 Å². The second-order valence-corrected chi connectivity index (χ2v) is 8.50. The lowest BCUT2D eigenvalue weighted by molar-refractivity contribution is -0.132. The molecule has 146 valence electrons. The Kier molecular flexibility index (Phi) is 5.59. The molecule has 0 bridgehead atoms. The molecule has 0 radical (unpaired) electrons. The molecule has 2 aliphatic rings. The Hall–Kier alpha value is -1.73. The van der Waals surface area contributed by atoms with E-state index in [1.54, 1.807) is 6.33 Å². The number of anilines is 1. The highest BCUT2D eigenvalue weighted by Gasteiger charge is 2.26. The highest BCUT2D eigenvalue weighted by molar-refractivity contribution is 7.19. The molecule has 1 aliphatic carbocycles. The van der Waals surface area contributed by atoms with E-state index in [2.05, 4.69) is 19.8 Å². The maximum Gasteiger partial charge on any atom is 0.236 e. The van der Waals surface area contributed by atoms with Gasteiger partial charge < -0.3 is 9.80 Å². The van der Waals surface area contributed by atoms with Gasteiger partial charge in [-0.3, -0.25) is 9.69 Å². The van der Waals surface area contributed by atoms with Crippen LogP contribution in [-0.4, -0.2) is 71.5 Å². The number of fused-ring (bicyclic) bond motifs is 3. The lowest BCUT2D eigenvalue weighted by Gasteiger charge is -2.36. The zero-order valence-corrected chi connectivity index (χ0v) is 17.2. The third-order valence-electron chi connectivity index (χ3n) is 5.88. The second kappa shape index (κ2) is 8.10. The van der Waals surface area contributed by atoms with Gasteiger partial charge in [-0.1, -0.05) is 0 Å². The molecule has 0 saturated carbocycles. The first-order valence-electron chi connectivity index (χ1n) is 10.2. The molecule has 2 aromatic rings. The summed E-state index contributed by atoms with van der Waals surface area (Å²) in [6.45, 7) is 9.85. The molecule has 0 aromatic carbocycles. The van der Waals surface area contributed by atoms with Crippen LogP contribution in [0.3, 0.4) is 0 Å². The van der Waals surface area contributed by atoms with Crippen LogP contribution in [-0.2, 0) is 17.6 Å². The van der Waals surface area contributed by atoms with Crippen molar-refractivity contribution in [2.75, 3.05) is 50.7 Å². The first kappa shape index (κ1) is 18.6. The molecule has 4 rings (SSSR count). The van der Waals surface area contributed by atoms with Gasteiger partial charge >= 0.3 is 0 Å². The molecule has 6 nitrogen and oxygen atoms in total. The molecular formula is C20H29N5OS. The first-order valence-corrected chi connectivity index (χ1v) is 11.0. The quantitative estimate of drug-likeness (QED) is 0.789. The summed E-state index contributed by atoms with van der Waals surface area (Å²) in [5.74, 6) is 1.35. The zero-order chi connectivity index (χ0) is 18.8. The number of piperazine rings is 1. The van der Waals surface area contributed by atoms with Gasteiger partial charge in [0, 0.05) is 44.1 Å². The average Bonchev–Trinajstić information content (AvgIpc) is 3.08. The van der Waals surface area contributed by atoms with Crippen LogP contribution in [0.2, 0.25) is 0 Å². The minimum atomic E-state index is 0.241. The summed E-state index contributed by atoms with van der Waals surface area (Å²) in [7, 11) is 0. The van der Waals surface area contributed by atoms with E-state index < -0.39 is 0 Å². The average molecular weight is 388 g/mol. The first-order chi connectivity index (χ1) is 13.2. The van der Waals surface area contributed by atoms with Crippen molar-refractivity contribution in [2.45, 2.75) is 39.5 Å². The molecule has 1 amide bonds. The summed E-state index contributed by atoms with van der Waals surface area (Å²) >= 11 is 1.86. The smallest absolute Gasteiger partial charge is 0.236 e. The van der Waals surface area contributed by atoms with E-state index in [4.69, 9.17) is 0 Å². The van der Waals surface area contributed by atoms with E-state index in [1.165, 1.54) is 35.1 Å². The molecule has 0 spiro atoms. The number of rotatable bonds is 5. The van der Waals surface area contributed by atoms with E-state index >= 15 is 0 Å². The van der Waals surface area contributed by atoms with E-state index in [-0.39, 0.29) is 5.91 Å². The third kappa shape index (κ3) is 3.67. The molecule has 1 fully saturated rings. The lowest BCUT2D eigenvalue weighted by atomic mass is 9.97. The van der Waals surface area contributed by atoms with Crippen molar-refractivity contribution in [1.29, 1.82) is 0 Å². The summed E-state index contributed by atoms with van der Waals surface area (Å²) in [6.07, 6.45) is 6.64. The molecule has 7 heteroatoms. The Morgan fingerprint density at radius 2 is 1.85 bits per heavy atom. The zero-order valence-electron chi connectivity index (χ0n) is 16.4. The van der Waals surface area contributed by atoms with E-state index in [9.17, 15) is 4.79 Å². The fraction of sp³-hybridized carbons (Fsp3) is 0.650. The molecule has 0 unspecified atom stereocenters. The van der Waals surface area contributed by atoms with Gasteiger partial charge in [0.05, 0.1) is 11.9 Å². The monoisotopic (exact) mass is 387 g/mol. The Morgan fingerprint density at radius 3 is 2.59 bits per heavy atom. The molecule has 0 N–H and O–H groups in total. The Morgan fingerprint density at radius 1 is 1.11 bits per heavy atom. The van der Waals surface area contributed by atoms with Crippen molar-refractivity contribution in [3.63, 3.8) is 0 Å². The van der Waals surface area contributed by atoms with Gasteiger partial charge in [-0.15, -0.1) is 11.3 Å². The van der Waals surface area contributed by atoms with Crippen molar-refractivity contribution in [3.05, 3.63) is 16.8 Å². The van der Waals surface area contributed by atoms with Crippen molar-refractivity contribution >= 4 is 33.3 Å². The SMILES string of the molecule is CCN(CC)C(=O)CN1CCN(c2ncnc3sc4c(c23)CCCC4)CC1. The maximum absolute atomic E-state index is 12.4. The maximum atomic E-state index is 12.4. The summed E-state index contributed by atoms with van der Waals surface area (Å²) < 4.78 is 0. The highest BCUT2D eigenvalue weighted by Crippen LogP contribution is 2.39. The third-order valence-corrected chi connectivity index (χ3v) is 7.08. The summed E-state index contributed by atoms with van der Waals surface area (Å²) in [6, 6.07) is 0. The van der Waals surface area contributed by atoms with Gasteiger partial charge in [-0.2, -0.15) is 0 Å². The minimum absolute atomic E-state index is 0.241. The van der Waals surface area contributed by atoms with Crippen LogP contribution < -0.4 is 4.90 Å². The number of amides is 1. The van der Waals surface area contributed by atoms with Crippen molar-refractivity contribution in [1.82, 2.24) is 19.8 Å². The number of thiophene rings is 1. The molecule has 3 heterocycles. The summed E-state index contributed by atoms with van der Waals surface area (Å²) in [5, 5.41) is 1.30. The van der Waals surface area contributed by atoms with Crippen molar-refractivity contribution in [3.8, 4) is 0 Å². The van der Waals surface area contributed by atoms with Crippen LogP contribution in [0.25, 0.3) is 10.2 Å². The number of likely N-dealkylation sites (N-methyl/N-ethyl adjacent to an activating group) is 1. The van der Waals surface area contributed by atoms with Gasteiger partial charge in [0.2, 0.25) is 5.91 Å². The van der Waals surface area contributed by atoms with Gasteiger partial charge in [0.15, 0.2) is 0 Å². The van der Waals surface area contributed by atoms with Gasteiger partial charge in [-0.05, 0) is 45.1 Å². The number of aromatic nitrogens is 2. The van der Waals surface area contributed by atoms with Gasteiger partial charge in [0.1, 0.15) is 17.0 Å². The van der Waals surface area contributed by atoms with Crippen LogP contribution in [0.4, 0.5) is 5.82 Å². The second-order valence-electron chi connectivity index (χ2n) is 7.42. The van der Waals surface area contributed by atoms with Gasteiger partial charge in [-0.25, -0.2) is 9.97 Å². The Bertz CT molecular complexity index is 808. The predicted molar refractivity (Wildman–Crippen MR) is 111 cm³/mol. The van der Waals surface area contributed by atoms with Crippen LogP contribution >= 0.6 is 11.3 Å². The Balaban J connectivity index is 1.47. The van der Waals surface area contributed by atoms with Gasteiger partial charge in [0.25, 0.3) is 0 Å². The number of hydrogen-bond acceptors (Lipinski definition) is 6. The normalized spacial score (nSPS) is 17.9. The standard InChI is InChI=1S/C20H29N5OS/c1-3-24(4-2)17(26)13-23-9-11-25(12-10-23)19-18-15-7-5-6-8-16(15)27-20(18)22-14-21-19/h14H,3-13H2,1-2H3. The molecule has 1 aliphatic heterocycles. The minimum Gasteiger partial charge on any atom is -0.353 e. The molecule has 2 aromatic heterocycles. The van der Waals surface area contributed by atoms with Crippen LogP contribution in [0.1, 0.15) is 37.1 Å². The number of aryl methyl sites for hydroxylation is 2.